The third-order valence-corrected chi connectivity index (χ3v) is 8.39. The third kappa shape index (κ3) is 9.08. The van der Waals surface area contributed by atoms with Crippen LogP contribution in [-0.2, 0) is 25.6 Å². The van der Waals surface area contributed by atoms with Crippen LogP contribution < -0.4 is 15.0 Å². The van der Waals surface area contributed by atoms with Crippen molar-refractivity contribution in [2.45, 2.75) is 55.5 Å². The number of methoxy groups -OCH3 is 2. The van der Waals surface area contributed by atoms with Crippen LogP contribution >= 0.6 is 11.8 Å². The van der Waals surface area contributed by atoms with Crippen molar-refractivity contribution in [2.24, 2.45) is 0 Å². The lowest BCUT2D eigenvalue weighted by Gasteiger charge is -2.39. The Morgan fingerprint density at radius 1 is 1.02 bits per heavy atom. The number of aliphatic hydroxyl groups excluding tert-OH is 1. The molecule has 2 aromatic rings. The largest absolute Gasteiger partial charge is 0.490 e. The first kappa shape index (κ1) is 31.1. The molecule has 1 saturated heterocycles. The molecule has 0 amide bonds. The molecule has 40 heavy (non-hydrogen) atoms. The topological polar surface area (TPSA) is 81.7 Å². The van der Waals surface area contributed by atoms with Crippen LogP contribution in [0.4, 0.5) is 5.69 Å². The molecule has 1 fully saturated rings. The molecule has 8 nitrogen and oxygen atoms in total. The number of aliphatic hydroxyl groups is 1. The minimum absolute atomic E-state index is 0.0547. The van der Waals surface area contributed by atoms with Gasteiger partial charge in [0.25, 0.3) is 0 Å². The van der Waals surface area contributed by atoms with E-state index in [0.717, 1.165) is 75.0 Å². The Kier molecular flexibility index (Phi) is 12.9. The van der Waals surface area contributed by atoms with Crippen LogP contribution in [-0.4, -0.2) is 96.0 Å². The molecule has 0 bridgehead atoms. The Balaban J connectivity index is 1.45. The lowest BCUT2D eigenvalue weighted by atomic mass is 9.85. The molecule has 4 rings (SSSR count). The number of nitrogens with one attached hydrogen (secondary N) is 1. The molecule has 2 aromatic carbocycles. The van der Waals surface area contributed by atoms with Gasteiger partial charge < -0.3 is 39.0 Å². The fraction of sp³-hybridized carbons (Fsp3) is 0.613. The molecule has 0 saturated carbocycles. The van der Waals surface area contributed by atoms with Crippen molar-refractivity contribution in [1.29, 1.82) is 0 Å². The highest BCUT2D eigenvalue weighted by Crippen LogP contribution is 2.35. The van der Waals surface area contributed by atoms with E-state index < -0.39 is 6.10 Å². The second-order valence-corrected chi connectivity index (χ2v) is 11.7. The van der Waals surface area contributed by atoms with Crippen LogP contribution in [0.1, 0.15) is 36.8 Å². The van der Waals surface area contributed by atoms with Gasteiger partial charge in [-0.25, -0.2) is 0 Å². The van der Waals surface area contributed by atoms with Crippen molar-refractivity contribution in [2.75, 3.05) is 77.5 Å². The van der Waals surface area contributed by atoms with Crippen molar-refractivity contribution in [3.05, 3.63) is 53.6 Å². The second kappa shape index (κ2) is 16.6. The van der Waals surface area contributed by atoms with E-state index in [9.17, 15) is 5.11 Å². The standard InChI is InChI=1S/C31H46N2O6S/c1-23(34)21-38-29-19-32-20-30(31(29)25-7-9-26(10-8-25)40-17-5-15-36-3)39-22-24-6-11-28-27(18-24)33(13-16-37-28)12-4-14-35-2/h6-11,18,23,29-32,34H,4-5,12-17,19-22H2,1-3H3/t23-,29-,30+,31?/m1/s1. The van der Waals surface area contributed by atoms with E-state index in [0.29, 0.717) is 19.8 Å². The van der Waals surface area contributed by atoms with E-state index in [1.54, 1.807) is 21.1 Å². The predicted molar refractivity (Wildman–Crippen MR) is 160 cm³/mol. The summed E-state index contributed by atoms with van der Waals surface area (Å²) < 4.78 is 29.2. The summed E-state index contributed by atoms with van der Waals surface area (Å²) in [5, 5.41) is 13.4. The highest BCUT2D eigenvalue weighted by Gasteiger charge is 2.36. The van der Waals surface area contributed by atoms with E-state index in [1.807, 2.05) is 11.8 Å². The van der Waals surface area contributed by atoms with Crippen molar-refractivity contribution < 1.29 is 28.8 Å². The van der Waals surface area contributed by atoms with Gasteiger partial charge in [-0.15, -0.1) is 11.8 Å². The molecule has 4 atom stereocenters. The predicted octanol–water partition coefficient (Wildman–Crippen LogP) is 4.09. The number of thioether (sulfide) groups is 1. The second-order valence-electron chi connectivity index (χ2n) is 10.5. The molecule has 2 aliphatic heterocycles. The van der Waals surface area contributed by atoms with E-state index in [4.69, 9.17) is 23.7 Å². The average Bonchev–Trinajstić information content (AvgIpc) is 2.98. The zero-order valence-corrected chi connectivity index (χ0v) is 25.0. The van der Waals surface area contributed by atoms with E-state index in [1.165, 1.54) is 10.5 Å². The van der Waals surface area contributed by atoms with Gasteiger partial charge in [-0.05, 0) is 55.2 Å². The molecule has 222 valence electrons. The number of anilines is 1. The van der Waals surface area contributed by atoms with Crippen LogP contribution in [0.5, 0.6) is 5.75 Å². The molecular formula is C31H46N2O6S. The maximum absolute atomic E-state index is 9.89. The Hall–Kier alpha value is -1.85. The molecule has 0 spiro atoms. The lowest BCUT2D eigenvalue weighted by Crippen LogP contribution is -2.51. The molecule has 0 aliphatic carbocycles. The molecule has 0 aromatic heterocycles. The number of rotatable bonds is 16. The van der Waals surface area contributed by atoms with Crippen LogP contribution in [0, 0.1) is 0 Å². The molecule has 2 N–H and O–H groups in total. The Morgan fingerprint density at radius 3 is 2.52 bits per heavy atom. The summed E-state index contributed by atoms with van der Waals surface area (Å²) in [6, 6.07) is 15.2. The normalized spacial score (nSPS) is 21.6. The minimum atomic E-state index is -0.516. The zero-order valence-electron chi connectivity index (χ0n) is 24.2. The maximum atomic E-state index is 9.89. The van der Waals surface area contributed by atoms with Crippen LogP contribution in [0.3, 0.4) is 0 Å². The maximum Gasteiger partial charge on any atom is 0.142 e. The summed E-state index contributed by atoms with van der Waals surface area (Å²) in [5.41, 5.74) is 3.44. The minimum Gasteiger partial charge on any atom is -0.490 e. The molecule has 9 heteroatoms. The van der Waals surface area contributed by atoms with Gasteiger partial charge >= 0.3 is 0 Å². The SMILES string of the molecule is COCCCSc1ccc(C2[C@@H](OCc3ccc4c(c3)N(CCCOC)CCO4)CNC[C@H]2OC[C@@H](C)O)cc1. The molecular weight excluding hydrogens is 528 g/mol. The van der Waals surface area contributed by atoms with E-state index in [2.05, 4.69) is 52.7 Å². The van der Waals surface area contributed by atoms with Gasteiger partial charge in [0, 0.05) is 63.6 Å². The lowest BCUT2D eigenvalue weighted by molar-refractivity contribution is -0.0752. The fourth-order valence-corrected chi connectivity index (χ4v) is 6.13. The summed E-state index contributed by atoms with van der Waals surface area (Å²) in [6.45, 7) is 8.05. The summed E-state index contributed by atoms with van der Waals surface area (Å²) in [5.74, 6) is 2.01. The van der Waals surface area contributed by atoms with Gasteiger partial charge in [-0.2, -0.15) is 0 Å². The molecule has 1 unspecified atom stereocenters. The Bertz CT molecular complexity index is 1010. The summed E-state index contributed by atoms with van der Waals surface area (Å²) in [6.07, 6.45) is 1.32. The number of ether oxygens (including phenoxy) is 5. The van der Waals surface area contributed by atoms with Crippen LogP contribution in [0.15, 0.2) is 47.4 Å². The van der Waals surface area contributed by atoms with Crippen molar-refractivity contribution >= 4 is 17.4 Å². The fourth-order valence-electron chi connectivity index (χ4n) is 5.30. The van der Waals surface area contributed by atoms with E-state index >= 15 is 0 Å². The number of fused-ring (bicyclic) bond motifs is 1. The molecule has 0 radical (unpaired) electrons. The Morgan fingerprint density at radius 2 is 1.77 bits per heavy atom. The van der Waals surface area contributed by atoms with E-state index in [-0.39, 0.29) is 18.1 Å². The number of piperidine rings is 1. The van der Waals surface area contributed by atoms with Crippen molar-refractivity contribution in [3.8, 4) is 5.75 Å². The van der Waals surface area contributed by atoms with Crippen LogP contribution in [0.25, 0.3) is 0 Å². The van der Waals surface area contributed by atoms with Gasteiger partial charge in [0.2, 0.25) is 0 Å². The molecule has 2 heterocycles. The average molecular weight is 575 g/mol. The number of benzene rings is 2. The first-order valence-corrected chi connectivity index (χ1v) is 15.4. The quantitative estimate of drug-likeness (QED) is 0.228. The zero-order chi connectivity index (χ0) is 28.2. The van der Waals surface area contributed by atoms with Gasteiger partial charge in [0.15, 0.2) is 0 Å². The van der Waals surface area contributed by atoms with Gasteiger partial charge in [0.1, 0.15) is 12.4 Å². The number of hydrogen-bond donors (Lipinski definition) is 2. The van der Waals surface area contributed by atoms with Gasteiger partial charge in [0.05, 0.1) is 43.8 Å². The van der Waals surface area contributed by atoms with Crippen molar-refractivity contribution in [1.82, 2.24) is 5.32 Å². The summed E-state index contributed by atoms with van der Waals surface area (Å²) >= 11 is 1.85. The first-order valence-electron chi connectivity index (χ1n) is 14.4. The summed E-state index contributed by atoms with van der Waals surface area (Å²) in [7, 11) is 3.49. The molecule has 2 aliphatic rings. The van der Waals surface area contributed by atoms with Gasteiger partial charge in [-0.1, -0.05) is 18.2 Å². The van der Waals surface area contributed by atoms with Gasteiger partial charge in [-0.3, -0.25) is 0 Å². The van der Waals surface area contributed by atoms with Crippen molar-refractivity contribution in [3.63, 3.8) is 0 Å². The monoisotopic (exact) mass is 574 g/mol. The first-order chi connectivity index (χ1) is 19.6. The third-order valence-electron chi connectivity index (χ3n) is 7.29. The number of hydrogen-bond acceptors (Lipinski definition) is 9. The smallest absolute Gasteiger partial charge is 0.142 e. The number of nitrogens with zero attached hydrogens (tertiary/aromatic N) is 1. The summed E-state index contributed by atoms with van der Waals surface area (Å²) in [4.78, 5) is 3.63. The Labute approximate surface area is 243 Å². The van der Waals surface area contributed by atoms with Crippen LogP contribution in [0.2, 0.25) is 0 Å². The highest BCUT2D eigenvalue weighted by molar-refractivity contribution is 7.99. The highest BCUT2D eigenvalue weighted by atomic mass is 32.2.